The summed E-state index contributed by atoms with van der Waals surface area (Å²) >= 11 is 0. The molecule has 5 nitrogen and oxygen atoms in total. The highest BCUT2D eigenvalue weighted by atomic mass is 16.2. The van der Waals surface area contributed by atoms with Crippen LogP contribution < -0.4 is 11.1 Å². The van der Waals surface area contributed by atoms with Crippen molar-refractivity contribution in [1.82, 2.24) is 10.2 Å². The van der Waals surface area contributed by atoms with Gasteiger partial charge in [-0.3, -0.25) is 9.59 Å². The maximum absolute atomic E-state index is 12.3. The Kier molecular flexibility index (Phi) is 3.62. The predicted octanol–water partition coefficient (Wildman–Crippen LogP) is 0.106. The Bertz CT molecular complexity index is 473. The van der Waals surface area contributed by atoms with Crippen molar-refractivity contribution in [2.75, 3.05) is 13.1 Å². The Morgan fingerprint density at radius 1 is 1.56 bits per heavy atom. The van der Waals surface area contributed by atoms with Gasteiger partial charge >= 0.3 is 0 Å². The molecule has 0 aromatic heterocycles. The average Bonchev–Trinajstić information content (AvgIpc) is 2.41. The third-order valence-corrected chi connectivity index (χ3v) is 3.17. The molecule has 1 atom stereocenters. The fourth-order valence-electron chi connectivity index (χ4n) is 2.06. The minimum Gasteiger partial charge on any atom is -0.353 e. The van der Waals surface area contributed by atoms with E-state index in [0.29, 0.717) is 25.2 Å². The van der Waals surface area contributed by atoms with E-state index in [1.807, 2.05) is 12.1 Å². The highest BCUT2D eigenvalue weighted by Gasteiger charge is 2.29. The van der Waals surface area contributed by atoms with Crippen LogP contribution in [0.2, 0.25) is 0 Å². The molecule has 18 heavy (non-hydrogen) atoms. The molecule has 0 spiro atoms. The summed E-state index contributed by atoms with van der Waals surface area (Å²) < 4.78 is 0. The first-order valence-electron chi connectivity index (χ1n) is 6.01. The van der Waals surface area contributed by atoms with Crippen LogP contribution in [0.1, 0.15) is 22.8 Å². The van der Waals surface area contributed by atoms with E-state index in [1.165, 1.54) is 0 Å². The quantitative estimate of drug-likeness (QED) is 0.778. The first kappa shape index (κ1) is 12.6. The van der Waals surface area contributed by atoms with Crippen molar-refractivity contribution in [3.05, 3.63) is 35.4 Å². The van der Waals surface area contributed by atoms with Gasteiger partial charge in [0.05, 0.1) is 0 Å². The van der Waals surface area contributed by atoms with E-state index in [0.717, 1.165) is 5.56 Å². The molecule has 2 rings (SSSR count). The summed E-state index contributed by atoms with van der Waals surface area (Å²) in [5.74, 6) is -0.225. The largest absolute Gasteiger partial charge is 0.353 e. The molecular weight excluding hydrogens is 230 g/mol. The van der Waals surface area contributed by atoms with Crippen LogP contribution in [0.15, 0.2) is 24.3 Å². The van der Waals surface area contributed by atoms with Crippen LogP contribution in [0.5, 0.6) is 0 Å². The number of piperazine rings is 1. The van der Waals surface area contributed by atoms with Gasteiger partial charge in [-0.15, -0.1) is 0 Å². The molecule has 0 bridgehead atoms. The Morgan fingerprint density at radius 3 is 3.06 bits per heavy atom. The Hall–Kier alpha value is -1.88. The van der Waals surface area contributed by atoms with Crippen LogP contribution in [-0.4, -0.2) is 35.8 Å². The van der Waals surface area contributed by atoms with E-state index in [-0.39, 0.29) is 11.8 Å². The highest BCUT2D eigenvalue weighted by Crippen LogP contribution is 2.12. The minimum absolute atomic E-state index is 0.107. The molecule has 1 heterocycles. The number of rotatable bonds is 2. The minimum atomic E-state index is -0.423. The van der Waals surface area contributed by atoms with Crippen molar-refractivity contribution < 1.29 is 9.59 Å². The molecule has 1 aromatic rings. The van der Waals surface area contributed by atoms with E-state index in [4.69, 9.17) is 5.73 Å². The number of carbonyl (C=O) groups excluding carboxylic acids is 2. The van der Waals surface area contributed by atoms with Crippen LogP contribution >= 0.6 is 0 Å². The van der Waals surface area contributed by atoms with Gasteiger partial charge in [-0.25, -0.2) is 0 Å². The predicted molar refractivity (Wildman–Crippen MR) is 67.8 cm³/mol. The molecule has 1 fully saturated rings. The fraction of sp³-hybridized carbons (Fsp3) is 0.385. The van der Waals surface area contributed by atoms with Crippen molar-refractivity contribution in [2.45, 2.75) is 19.5 Å². The third-order valence-electron chi connectivity index (χ3n) is 3.17. The van der Waals surface area contributed by atoms with Crippen molar-refractivity contribution >= 4 is 11.8 Å². The maximum atomic E-state index is 12.3. The van der Waals surface area contributed by atoms with Crippen molar-refractivity contribution in [2.24, 2.45) is 5.73 Å². The van der Waals surface area contributed by atoms with Gasteiger partial charge in [-0.2, -0.15) is 0 Å². The second-order valence-corrected chi connectivity index (χ2v) is 4.37. The molecule has 5 heteroatoms. The smallest absolute Gasteiger partial charge is 0.254 e. The van der Waals surface area contributed by atoms with Crippen LogP contribution in [0.3, 0.4) is 0 Å². The van der Waals surface area contributed by atoms with Gasteiger partial charge < -0.3 is 16.0 Å². The first-order valence-corrected chi connectivity index (χ1v) is 6.01. The number of nitrogens with two attached hydrogens (primary N) is 1. The number of nitrogens with one attached hydrogen (secondary N) is 1. The summed E-state index contributed by atoms with van der Waals surface area (Å²) in [6.07, 6.45) is 0. The second kappa shape index (κ2) is 5.18. The van der Waals surface area contributed by atoms with Crippen LogP contribution in [0, 0.1) is 0 Å². The molecule has 96 valence electrons. The molecular formula is C13H17N3O2. The Labute approximate surface area is 106 Å². The number of amides is 2. The normalized spacial score (nSPS) is 19.6. The molecule has 1 aliphatic heterocycles. The Morgan fingerprint density at radius 2 is 2.33 bits per heavy atom. The van der Waals surface area contributed by atoms with Gasteiger partial charge in [0.25, 0.3) is 5.91 Å². The molecule has 1 aliphatic rings. The number of nitrogens with zero attached hydrogens (tertiary/aromatic N) is 1. The topological polar surface area (TPSA) is 75.4 Å². The lowest BCUT2D eigenvalue weighted by Gasteiger charge is -2.32. The SMILES string of the molecule is CC1C(=O)NCCN1C(=O)c1cccc(CN)c1. The maximum Gasteiger partial charge on any atom is 0.254 e. The molecule has 3 N–H and O–H groups in total. The highest BCUT2D eigenvalue weighted by molar-refractivity contribution is 5.98. The van der Waals surface area contributed by atoms with E-state index in [2.05, 4.69) is 5.32 Å². The zero-order chi connectivity index (χ0) is 13.1. The van der Waals surface area contributed by atoms with Crippen molar-refractivity contribution in [1.29, 1.82) is 0 Å². The summed E-state index contributed by atoms with van der Waals surface area (Å²) in [6.45, 7) is 3.18. The Balaban J connectivity index is 2.22. The van der Waals surface area contributed by atoms with Gasteiger partial charge in [-0.05, 0) is 24.6 Å². The second-order valence-electron chi connectivity index (χ2n) is 4.37. The molecule has 1 aromatic carbocycles. The van der Waals surface area contributed by atoms with Crippen molar-refractivity contribution in [3.8, 4) is 0 Å². The summed E-state index contributed by atoms with van der Waals surface area (Å²) in [6, 6.07) is 6.79. The summed E-state index contributed by atoms with van der Waals surface area (Å²) in [5.41, 5.74) is 7.05. The number of hydrogen-bond donors (Lipinski definition) is 2. The molecule has 0 saturated carbocycles. The van der Waals surface area contributed by atoms with E-state index < -0.39 is 6.04 Å². The molecule has 0 radical (unpaired) electrons. The average molecular weight is 247 g/mol. The fourth-order valence-corrected chi connectivity index (χ4v) is 2.06. The number of carbonyl (C=O) groups is 2. The van der Waals surface area contributed by atoms with E-state index in [1.54, 1.807) is 24.0 Å². The molecule has 1 unspecified atom stereocenters. The molecule has 2 amide bonds. The monoisotopic (exact) mass is 247 g/mol. The number of hydrogen-bond acceptors (Lipinski definition) is 3. The van der Waals surface area contributed by atoms with Crippen molar-refractivity contribution in [3.63, 3.8) is 0 Å². The zero-order valence-electron chi connectivity index (χ0n) is 10.3. The van der Waals surface area contributed by atoms with E-state index >= 15 is 0 Å². The lowest BCUT2D eigenvalue weighted by atomic mass is 10.1. The lowest BCUT2D eigenvalue weighted by molar-refractivity contribution is -0.127. The summed E-state index contributed by atoms with van der Waals surface area (Å²) in [4.78, 5) is 25.5. The first-order chi connectivity index (χ1) is 8.63. The summed E-state index contributed by atoms with van der Waals surface area (Å²) in [5, 5.41) is 2.74. The van der Waals surface area contributed by atoms with Crippen LogP contribution in [0.4, 0.5) is 0 Å². The van der Waals surface area contributed by atoms with Gasteiger partial charge in [0.2, 0.25) is 5.91 Å². The molecule has 0 aliphatic carbocycles. The standard InChI is InChI=1S/C13H17N3O2/c1-9-12(17)15-5-6-16(9)13(18)11-4-2-3-10(7-11)8-14/h2-4,7,9H,5-6,8,14H2,1H3,(H,15,17). The van der Waals surface area contributed by atoms with Crippen LogP contribution in [-0.2, 0) is 11.3 Å². The zero-order valence-corrected chi connectivity index (χ0v) is 10.3. The van der Waals surface area contributed by atoms with Gasteiger partial charge in [0.15, 0.2) is 0 Å². The van der Waals surface area contributed by atoms with Gasteiger partial charge in [0.1, 0.15) is 6.04 Å². The third kappa shape index (κ3) is 2.36. The number of benzene rings is 1. The molecule has 1 saturated heterocycles. The summed E-state index contributed by atoms with van der Waals surface area (Å²) in [7, 11) is 0. The van der Waals surface area contributed by atoms with Crippen LogP contribution in [0.25, 0.3) is 0 Å². The lowest BCUT2D eigenvalue weighted by Crippen LogP contribution is -2.55. The van der Waals surface area contributed by atoms with Gasteiger partial charge in [0, 0.05) is 25.2 Å². The van der Waals surface area contributed by atoms with E-state index in [9.17, 15) is 9.59 Å². The van der Waals surface area contributed by atoms with Gasteiger partial charge in [-0.1, -0.05) is 12.1 Å².